The van der Waals surface area contributed by atoms with Crippen molar-refractivity contribution in [2.45, 2.75) is 23.8 Å². The molecule has 0 radical (unpaired) electrons. The summed E-state index contributed by atoms with van der Waals surface area (Å²) in [7, 11) is -3.67. The van der Waals surface area contributed by atoms with Crippen LogP contribution in [0, 0.1) is 0 Å². The smallest absolute Gasteiger partial charge is 0.291 e. The quantitative estimate of drug-likeness (QED) is 0.503. The second kappa shape index (κ2) is 10.1. The summed E-state index contributed by atoms with van der Waals surface area (Å²) in [6.45, 7) is 4.05. The highest BCUT2D eigenvalue weighted by atomic mass is 32.2. The number of carbonyl (C=O) groups is 2. The van der Waals surface area contributed by atoms with Gasteiger partial charge < -0.3 is 15.1 Å². The molecule has 1 saturated heterocycles. The fourth-order valence-corrected chi connectivity index (χ4v) is 5.24. The number of furan rings is 1. The topological polar surface area (TPSA) is 109 Å². The van der Waals surface area contributed by atoms with Crippen molar-refractivity contribution < 1.29 is 22.4 Å². The summed E-state index contributed by atoms with van der Waals surface area (Å²) < 4.78 is 33.0. The molecular formula is C25H25N3O5S. The summed E-state index contributed by atoms with van der Waals surface area (Å²) >= 11 is 0. The number of carbonyl (C=O) groups excluding carboxylic acids is 2. The van der Waals surface area contributed by atoms with Gasteiger partial charge in [0.25, 0.3) is 5.91 Å². The molecule has 9 heteroatoms. The number of anilines is 1. The van der Waals surface area contributed by atoms with E-state index in [1.54, 1.807) is 24.3 Å². The molecule has 2 N–H and O–H groups in total. The van der Waals surface area contributed by atoms with Gasteiger partial charge in [0.1, 0.15) is 5.76 Å². The Morgan fingerprint density at radius 2 is 1.65 bits per heavy atom. The number of nitrogens with one attached hydrogen (secondary N) is 2. The minimum Gasteiger partial charge on any atom is -0.451 e. The highest BCUT2D eigenvalue weighted by Gasteiger charge is 2.29. The minimum absolute atomic E-state index is 0.0708. The Kier molecular flexibility index (Phi) is 6.95. The molecule has 0 bridgehead atoms. The first-order chi connectivity index (χ1) is 16.4. The molecule has 0 saturated carbocycles. The zero-order valence-corrected chi connectivity index (χ0v) is 19.3. The third-order valence-electron chi connectivity index (χ3n) is 5.62. The van der Waals surface area contributed by atoms with E-state index >= 15 is 0 Å². The van der Waals surface area contributed by atoms with Crippen LogP contribution in [-0.2, 0) is 14.8 Å². The number of sulfonamides is 1. The van der Waals surface area contributed by atoms with Crippen molar-refractivity contribution in [1.29, 1.82) is 0 Å². The van der Waals surface area contributed by atoms with Gasteiger partial charge >= 0.3 is 0 Å². The molecule has 4 rings (SSSR count). The predicted molar refractivity (Wildman–Crippen MR) is 129 cm³/mol. The zero-order valence-electron chi connectivity index (χ0n) is 18.4. The van der Waals surface area contributed by atoms with Gasteiger partial charge in [0, 0.05) is 30.4 Å². The largest absolute Gasteiger partial charge is 0.451 e. The van der Waals surface area contributed by atoms with E-state index in [2.05, 4.69) is 17.2 Å². The molecule has 34 heavy (non-hydrogen) atoms. The summed E-state index contributed by atoms with van der Waals surface area (Å²) in [6, 6.07) is 18.7. The fourth-order valence-electron chi connectivity index (χ4n) is 3.77. The second-order valence-electron chi connectivity index (χ2n) is 7.90. The van der Waals surface area contributed by atoms with Crippen molar-refractivity contribution in [3.8, 4) is 11.3 Å². The van der Waals surface area contributed by atoms with Crippen molar-refractivity contribution in [3.05, 3.63) is 85.1 Å². The van der Waals surface area contributed by atoms with E-state index in [4.69, 9.17) is 4.42 Å². The zero-order chi connectivity index (χ0) is 24.1. The number of amides is 2. The van der Waals surface area contributed by atoms with Gasteiger partial charge in [-0.05, 0) is 55.3 Å². The molecule has 1 aliphatic heterocycles. The fraction of sp³-hybridized carbons (Fsp3) is 0.200. The lowest BCUT2D eigenvalue weighted by Crippen LogP contribution is -2.46. The van der Waals surface area contributed by atoms with Crippen molar-refractivity contribution in [2.75, 3.05) is 18.4 Å². The van der Waals surface area contributed by atoms with Gasteiger partial charge in [-0.15, -0.1) is 0 Å². The van der Waals surface area contributed by atoms with Crippen LogP contribution in [0.15, 0.2) is 88.7 Å². The molecule has 176 valence electrons. The monoisotopic (exact) mass is 479 g/mol. The number of piperidine rings is 1. The molecule has 8 nitrogen and oxygen atoms in total. The molecule has 1 aliphatic rings. The minimum atomic E-state index is -3.67. The van der Waals surface area contributed by atoms with Gasteiger partial charge in [-0.25, -0.2) is 8.42 Å². The maximum atomic E-state index is 13.0. The van der Waals surface area contributed by atoms with Crippen LogP contribution in [0.3, 0.4) is 0 Å². The highest BCUT2D eigenvalue weighted by Crippen LogP contribution is 2.24. The number of hydrogen-bond donors (Lipinski definition) is 2. The van der Waals surface area contributed by atoms with Crippen molar-refractivity contribution in [1.82, 2.24) is 9.62 Å². The van der Waals surface area contributed by atoms with Gasteiger partial charge in [0.05, 0.1) is 4.90 Å². The highest BCUT2D eigenvalue weighted by molar-refractivity contribution is 7.89. The normalized spacial score (nSPS) is 14.9. The number of benzene rings is 2. The van der Waals surface area contributed by atoms with Crippen LogP contribution < -0.4 is 10.6 Å². The van der Waals surface area contributed by atoms with E-state index in [0.717, 1.165) is 5.56 Å². The molecule has 0 spiro atoms. The van der Waals surface area contributed by atoms with Crippen molar-refractivity contribution in [2.24, 2.45) is 0 Å². The molecule has 2 heterocycles. The van der Waals surface area contributed by atoms with Crippen LogP contribution in [0.25, 0.3) is 11.3 Å². The number of hydrogen-bond acceptors (Lipinski definition) is 5. The third-order valence-corrected chi connectivity index (χ3v) is 7.54. The maximum absolute atomic E-state index is 13.0. The second-order valence-corrected chi connectivity index (χ2v) is 9.84. The van der Waals surface area contributed by atoms with E-state index < -0.39 is 15.9 Å². The van der Waals surface area contributed by atoms with Gasteiger partial charge in [-0.1, -0.05) is 36.9 Å². The van der Waals surface area contributed by atoms with Crippen LogP contribution in [0.2, 0.25) is 0 Å². The lowest BCUT2D eigenvalue weighted by Gasteiger charge is -2.31. The molecule has 0 unspecified atom stereocenters. The van der Waals surface area contributed by atoms with E-state index in [0.29, 0.717) is 37.4 Å². The molecule has 2 amide bonds. The first kappa shape index (κ1) is 23.5. The van der Waals surface area contributed by atoms with E-state index in [9.17, 15) is 18.0 Å². The lowest BCUT2D eigenvalue weighted by atomic mass is 10.1. The Hall–Kier alpha value is -3.69. The van der Waals surface area contributed by atoms with Crippen LogP contribution in [0.1, 0.15) is 23.4 Å². The van der Waals surface area contributed by atoms with Crippen molar-refractivity contribution >= 4 is 27.5 Å². The molecule has 2 aromatic carbocycles. The standard InChI is InChI=1S/C25H25N3O5S/c1-2-24(29)26-20-14-16-28(17-15-20)34(31,32)21-10-8-19(9-11-21)27-25(30)23-13-12-22(33-23)18-6-4-3-5-7-18/h2-13,20H,1,14-17H2,(H,26,29)(H,27,30). The van der Waals surface area contributed by atoms with E-state index in [1.807, 2.05) is 30.3 Å². The molecule has 3 aromatic rings. The molecule has 0 aliphatic carbocycles. The Balaban J connectivity index is 1.37. The molecule has 1 aromatic heterocycles. The Labute approximate surface area is 198 Å². The first-order valence-electron chi connectivity index (χ1n) is 10.9. The van der Waals surface area contributed by atoms with Gasteiger partial charge in [-0.2, -0.15) is 4.31 Å². The molecule has 1 fully saturated rings. The third kappa shape index (κ3) is 5.27. The SMILES string of the molecule is C=CC(=O)NC1CCN(S(=O)(=O)c2ccc(NC(=O)c3ccc(-c4ccccc4)o3)cc2)CC1. The van der Waals surface area contributed by atoms with Gasteiger partial charge in [0.2, 0.25) is 15.9 Å². The lowest BCUT2D eigenvalue weighted by molar-refractivity contribution is -0.117. The van der Waals surface area contributed by atoms with Gasteiger partial charge in [0.15, 0.2) is 5.76 Å². The van der Waals surface area contributed by atoms with E-state index in [-0.39, 0.29) is 22.6 Å². The summed E-state index contributed by atoms with van der Waals surface area (Å²) in [5, 5.41) is 5.53. The van der Waals surface area contributed by atoms with Crippen LogP contribution in [-0.4, -0.2) is 43.7 Å². The molecular weight excluding hydrogens is 454 g/mol. The van der Waals surface area contributed by atoms with Crippen LogP contribution in [0.5, 0.6) is 0 Å². The van der Waals surface area contributed by atoms with Crippen molar-refractivity contribution in [3.63, 3.8) is 0 Å². The number of nitrogens with zero attached hydrogens (tertiary/aromatic N) is 1. The Morgan fingerprint density at radius 3 is 2.29 bits per heavy atom. The average molecular weight is 480 g/mol. The van der Waals surface area contributed by atoms with Crippen LogP contribution >= 0.6 is 0 Å². The summed E-state index contributed by atoms with van der Waals surface area (Å²) in [4.78, 5) is 24.1. The first-order valence-corrected chi connectivity index (χ1v) is 12.3. The molecule has 0 atom stereocenters. The Bertz CT molecular complexity index is 1280. The number of rotatable bonds is 7. The summed E-state index contributed by atoms with van der Waals surface area (Å²) in [5.74, 6) is 0.0493. The van der Waals surface area contributed by atoms with Gasteiger partial charge in [-0.3, -0.25) is 9.59 Å². The van der Waals surface area contributed by atoms with E-state index in [1.165, 1.54) is 22.5 Å². The Morgan fingerprint density at radius 1 is 0.971 bits per heavy atom. The van der Waals surface area contributed by atoms with Crippen LogP contribution in [0.4, 0.5) is 5.69 Å². The average Bonchev–Trinajstić information content (AvgIpc) is 3.36. The maximum Gasteiger partial charge on any atom is 0.291 e. The predicted octanol–water partition coefficient (Wildman–Crippen LogP) is 3.65. The summed E-state index contributed by atoms with van der Waals surface area (Å²) in [6.07, 6.45) is 2.26. The summed E-state index contributed by atoms with van der Waals surface area (Å²) in [5.41, 5.74) is 1.32.